The molecule has 5 unspecified atom stereocenters. The first-order chi connectivity index (χ1) is 19.7. The molecule has 0 spiro atoms. The molecule has 0 aromatic carbocycles. The van der Waals surface area contributed by atoms with E-state index in [1.165, 1.54) is 29.0 Å². The maximum absolute atomic E-state index is 12.7. The molecule has 0 bridgehead atoms. The zero-order valence-electron chi connectivity index (χ0n) is 22.1. The van der Waals surface area contributed by atoms with Crippen LogP contribution in [0.25, 0.3) is 11.2 Å². The fraction of sp³-hybridized carbons (Fsp3) is 0.667. The zero-order chi connectivity index (χ0) is 29.1. The predicted octanol–water partition coefficient (Wildman–Crippen LogP) is -0.355. The summed E-state index contributed by atoms with van der Waals surface area (Å²) in [6.45, 7) is 0. The van der Waals surface area contributed by atoms with E-state index in [1.54, 1.807) is 0 Å². The molecule has 8 N–H and O–H groups in total. The number of ether oxygens (including phenoxy) is 1. The lowest BCUT2D eigenvalue weighted by molar-refractivity contribution is -0.138. The molecule has 0 radical (unpaired) electrons. The number of carbonyl (C=O) groups excluding carboxylic acids is 2. The van der Waals surface area contributed by atoms with Crippen molar-refractivity contribution in [3.8, 4) is 0 Å². The number of thioether (sulfide) groups is 2. The third-order valence-corrected chi connectivity index (χ3v) is 10.1. The van der Waals surface area contributed by atoms with E-state index in [0.717, 1.165) is 18.6 Å². The number of carbonyl (C=O) groups is 3. The second-order valence-electron chi connectivity index (χ2n) is 10.3. The number of urea groups is 1. The van der Waals surface area contributed by atoms with Gasteiger partial charge in [0, 0.05) is 23.2 Å². The van der Waals surface area contributed by atoms with Gasteiger partial charge in [0.2, 0.25) is 5.91 Å². The van der Waals surface area contributed by atoms with Gasteiger partial charge in [0.1, 0.15) is 24.6 Å². The molecule has 41 heavy (non-hydrogen) atoms. The first kappa shape index (κ1) is 29.8. The molecule has 8 atom stereocenters. The number of unbranched alkanes of at least 4 members (excludes halogenated alkanes) is 1. The monoisotopic (exact) mass is 610 g/mol. The van der Waals surface area contributed by atoms with Crippen LogP contribution in [-0.2, 0) is 14.3 Å². The number of nitrogens with two attached hydrogens (primary N) is 1. The number of aliphatic hydroxyl groups excluding tert-OH is 2. The molecule has 3 fully saturated rings. The molecule has 5 heterocycles. The minimum atomic E-state index is -1.26. The van der Waals surface area contributed by atoms with Gasteiger partial charge in [-0.3, -0.25) is 14.2 Å². The smallest absolute Gasteiger partial charge is 0.320 e. The number of rotatable bonds is 13. The highest BCUT2D eigenvalue weighted by Gasteiger charge is 2.44. The van der Waals surface area contributed by atoms with Gasteiger partial charge in [0.15, 0.2) is 23.2 Å². The number of carboxylic acids is 1. The van der Waals surface area contributed by atoms with Crippen molar-refractivity contribution in [2.45, 2.75) is 80.0 Å². The van der Waals surface area contributed by atoms with E-state index in [4.69, 9.17) is 15.6 Å². The average molecular weight is 611 g/mol. The van der Waals surface area contributed by atoms with Crippen LogP contribution in [0, 0.1) is 0 Å². The van der Waals surface area contributed by atoms with Crippen molar-refractivity contribution >= 4 is 58.4 Å². The van der Waals surface area contributed by atoms with Crippen LogP contribution >= 0.6 is 23.5 Å². The summed E-state index contributed by atoms with van der Waals surface area (Å²) < 4.78 is 7.43. The minimum Gasteiger partial charge on any atom is -0.480 e. The first-order valence-electron chi connectivity index (χ1n) is 13.5. The van der Waals surface area contributed by atoms with Crippen molar-refractivity contribution in [3.05, 3.63) is 12.7 Å². The van der Waals surface area contributed by atoms with Gasteiger partial charge in [-0.05, 0) is 25.0 Å². The third-order valence-electron chi connectivity index (χ3n) is 7.48. The molecule has 17 heteroatoms. The van der Waals surface area contributed by atoms with Gasteiger partial charge in [-0.15, -0.1) is 0 Å². The molecular weight excluding hydrogens is 576 g/mol. The number of amides is 3. The summed E-state index contributed by atoms with van der Waals surface area (Å²) in [5.41, 5.74) is 6.17. The second kappa shape index (κ2) is 13.1. The Labute approximate surface area is 243 Å². The molecule has 15 nitrogen and oxygen atoms in total. The molecular formula is C24H34N8O7S2. The summed E-state index contributed by atoms with van der Waals surface area (Å²) in [6, 6.07) is -0.741. The molecule has 3 aliphatic heterocycles. The van der Waals surface area contributed by atoms with E-state index >= 15 is 0 Å². The number of imidazole rings is 1. The summed E-state index contributed by atoms with van der Waals surface area (Å²) in [7, 11) is 0. The van der Waals surface area contributed by atoms with Crippen LogP contribution in [0.3, 0.4) is 0 Å². The largest absolute Gasteiger partial charge is 0.480 e. The molecule has 2 aromatic rings. The van der Waals surface area contributed by atoms with Crippen LogP contribution < -0.4 is 21.7 Å². The second-order valence-corrected chi connectivity index (χ2v) is 12.7. The Balaban J connectivity index is 1.12. The van der Waals surface area contributed by atoms with Crippen LogP contribution in [0.15, 0.2) is 12.7 Å². The van der Waals surface area contributed by atoms with Gasteiger partial charge in [0.25, 0.3) is 0 Å². The number of hydrogen-bond donors (Lipinski definition) is 7. The van der Waals surface area contributed by atoms with Crippen LogP contribution in [0.5, 0.6) is 0 Å². The summed E-state index contributed by atoms with van der Waals surface area (Å²) in [5.74, 6) is 0.647. The Bertz CT molecular complexity index is 1270. The molecule has 5 rings (SSSR count). The van der Waals surface area contributed by atoms with Gasteiger partial charge < -0.3 is 41.7 Å². The van der Waals surface area contributed by atoms with E-state index in [0.29, 0.717) is 40.8 Å². The number of anilines is 1. The number of nitrogens with one attached hydrogen (secondary N) is 3. The Morgan fingerprint density at radius 1 is 1.24 bits per heavy atom. The highest BCUT2D eigenvalue weighted by molar-refractivity contribution is 8.00. The first-order valence-corrected chi connectivity index (χ1v) is 15.7. The van der Waals surface area contributed by atoms with E-state index in [9.17, 15) is 24.6 Å². The van der Waals surface area contributed by atoms with Gasteiger partial charge in [0.05, 0.1) is 24.5 Å². The number of hydrogen-bond acceptors (Lipinski definition) is 12. The van der Waals surface area contributed by atoms with Crippen molar-refractivity contribution in [3.63, 3.8) is 0 Å². The van der Waals surface area contributed by atoms with Crippen LogP contribution in [0.1, 0.15) is 38.3 Å². The Morgan fingerprint density at radius 3 is 2.88 bits per heavy atom. The fourth-order valence-electron chi connectivity index (χ4n) is 5.23. The Morgan fingerprint density at radius 2 is 2.07 bits per heavy atom. The van der Waals surface area contributed by atoms with Gasteiger partial charge in [-0.2, -0.15) is 23.5 Å². The summed E-state index contributed by atoms with van der Waals surface area (Å²) in [6.07, 6.45) is 1.62. The zero-order valence-corrected chi connectivity index (χ0v) is 23.7. The van der Waals surface area contributed by atoms with Gasteiger partial charge in [-0.1, -0.05) is 6.42 Å². The summed E-state index contributed by atoms with van der Waals surface area (Å²) in [5, 5.41) is 39.2. The van der Waals surface area contributed by atoms with Crippen LogP contribution in [0.2, 0.25) is 0 Å². The van der Waals surface area contributed by atoms with Crippen LogP contribution in [-0.4, -0.2) is 112 Å². The lowest BCUT2D eigenvalue weighted by atomic mass is 10.0. The fourth-order valence-corrected chi connectivity index (χ4v) is 7.87. The minimum absolute atomic E-state index is 0.108. The van der Waals surface area contributed by atoms with Crippen molar-refractivity contribution in [1.29, 1.82) is 0 Å². The lowest BCUT2D eigenvalue weighted by Gasteiger charge is -2.16. The lowest BCUT2D eigenvalue weighted by Crippen LogP contribution is -2.36. The SMILES string of the molecule is NC(CCSCC1OC(n2cnc3c(NC(=O)CCCC[C@@H]4SCC5NC(=O)NC54)ncnc32)[C@H](O)[C@@H]1O)C(=O)O. The number of aromatic nitrogens is 4. The van der Waals surface area contributed by atoms with E-state index in [-0.39, 0.29) is 36.3 Å². The molecule has 3 aliphatic rings. The number of aliphatic carboxylic acids is 1. The molecule has 3 saturated heterocycles. The molecule has 2 aromatic heterocycles. The Kier molecular flexibility index (Phi) is 9.50. The highest BCUT2D eigenvalue weighted by atomic mass is 32.2. The maximum atomic E-state index is 12.7. The van der Waals surface area contributed by atoms with Gasteiger partial charge in [-0.25, -0.2) is 19.7 Å². The quantitative estimate of drug-likeness (QED) is 0.114. The van der Waals surface area contributed by atoms with Crippen molar-refractivity contribution < 1.29 is 34.4 Å². The third kappa shape index (κ3) is 6.70. The van der Waals surface area contributed by atoms with Crippen molar-refractivity contribution in [2.24, 2.45) is 5.73 Å². The number of nitrogens with zero attached hydrogens (tertiary/aromatic N) is 4. The normalized spacial score (nSPS) is 29.7. The molecule has 0 saturated carbocycles. The predicted molar refractivity (Wildman–Crippen MR) is 151 cm³/mol. The standard InChI is InChI=1S/C24H34N8O7S2/c25-11(23(36)37)5-6-40-8-13-18(34)19(35)22(39-13)32-10-28-17-20(26-9-27-21(17)32)30-15(33)4-2-1-3-14-16-12(7-41-14)29-24(38)31-16/h9-14,16,18-19,22,34-35H,1-8,25H2,(H,36,37)(H2,29,31,38)(H,26,27,30,33)/t11?,12?,13?,14-,16?,18+,19+,22?/m0/s1. The van der Waals surface area contributed by atoms with E-state index < -0.39 is 36.6 Å². The van der Waals surface area contributed by atoms with E-state index in [1.807, 2.05) is 11.8 Å². The highest BCUT2D eigenvalue weighted by Crippen LogP contribution is 2.35. The van der Waals surface area contributed by atoms with Crippen LogP contribution in [0.4, 0.5) is 10.6 Å². The maximum Gasteiger partial charge on any atom is 0.320 e. The Hall–Kier alpha value is -2.70. The summed E-state index contributed by atoms with van der Waals surface area (Å²) >= 11 is 3.22. The van der Waals surface area contributed by atoms with E-state index in [2.05, 4.69) is 30.9 Å². The number of fused-ring (bicyclic) bond motifs is 2. The number of aliphatic hydroxyl groups is 2. The number of carboxylic acid groups (broad SMARTS) is 1. The summed E-state index contributed by atoms with van der Waals surface area (Å²) in [4.78, 5) is 47.8. The average Bonchev–Trinajstić information content (AvgIpc) is 3.69. The molecule has 0 aliphatic carbocycles. The van der Waals surface area contributed by atoms with Crippen molar-refractivity contribution in [1.82, 2.24) is 30.2 Å². The molecule has 3 amide bonds. The topological polar surface area (TPSA) is 227 Å². The van der Waals surface area contributed by atoms with Crippen molar-refractivity contribution in [2.75, 3.05) is 22.6 Å². The molecule has 224 valence electrons. The van der Waals surface area contributed by atoms with Gasteiger partial charge >= 0.3 is 12.0 Å².